The van der Waals surface area contributed by atoms with Crippen molar-refractivity contribution in [1.82, 2.24) is 10.2 Å². The van der Waals surface area contributed by atoms with E-state index in [9.17, 15) is 9.18 Å². The molecule has 0 unspecified atom stereocenters. The number of carbonyl (C=O) groups excluding carboxylic acids is 1. The number of hydrogen-bond acceptors (Lipinski definition) is 4. The van der Waals surface area contributed by atoms with Crippen molar-refractivity contribution in [2.24, 2.45) is 0 Å². The first-order valence-electron chi connectivity index (χ1n) is 6.39. The van der Waals surface area contributed by atoms with Gasteiger partial charge < -0.3 is 0 Å². The molecule has 1 N–H and O–H groups in total. The first kappa shape index (κ1) is 16.0. The molecule has 3 aromatic rings. The third kappa shape index (κ3) is 3.57. The lowest BCUT2D eigenvalue weighted by atomic mass is 10.2. The van der Waals surface area contributed by atoms with Gasteiger partial charge in [-0.15, -0.1) is 10.2 Å². The maximum atomic E-state index is 13.8. The summed E-state index contributed by atoms with van der Waals surface area (Å²) in [7, 11) is 0. The largest absolute Gasteiger partial charge is 0.296 e. The van der Waals surface area contributed by atoms with Gasteiger partial charge in [-0.1, -0.05) is 41.1 Å². The quantitative estimate of drug-likeness (QED) is 0.658. The third-order valence-corrected chi connectivity index (χ3v) is 4.73. The number of aromatic nitrogens is 2. The third-order valence-electron chi connectivity index (χ3n) is 2.93. The molecule has 23 heavy (non-hydrogen) atoms. The summed E-state index contributed by atoms with van der Waals surface area (Å²) in [5, 5.41) is 12.0. The summed E-state index contributed by atoms with van der Waals surface area (Å²) in [5.74, 6) is -1.20. The molecule has 8 heteroatoms. The highest BCUT2D eigenvalue weighted by Crippen LogP contribution is 2.28. The van der Waals surface area contributed by atoms with Gasteiger partial charge in [-0.3, -0.25) is 10.1 Å². The van der Waals surface area contributed by atoms with Crippen LogP contribution in [-0.4, -0.2) is 16.1 Å². The topological polar surface area (TPSA) is 54.9 Å². The predicted octanol–water partition coefficient (Wildman–Crippen LogP) is 5.01. The second-order valence-corrected chi connectivity index (χ2v) is 6.74. The average molecular weight is 413 g/mol. The number of hydrogen-bond donors (Lipinski definition) is 1. The van der Waals surface area contributed by atoms with Crippen LogP contribution in [-0.2, 0) is 0 Å². The molecule has 0 bridgehead atoms. The van der Waals surface area contributed by atoms with Crippen LogP contribution in [0.4, 0.5) is 9.52 Å². The van der Waals surface area contributed by atoms with Gasteiger partial charge in [0, 0.05) is 15.1 Å². The number of nitrogens with one attached hydrogen (secondary N) is 1. The summed E-state index contributed by atoms with van der Waals surface area (Å²) in [6.45, 7) is 0. The van der Waals surface area contributed by atoms with Gasteiger partial charge in [0.15, 0.2) is 0 Å². The van der Waals surface area contributed by atoms with Crippen molar-refractivity contribution in [3.63, 3.8) is 0 Å². The van der Waals surface area contributed by atoms with Gasteiger partial charge in [0.2, 0.25) is 5.13 Å². The van der Waals surface area contributed by atoms with Gasteiger partial charge >= 0.3 is 0 Å². The van der Waals surface area contributed by atoms with Crippen LogP contribution in [0.3, 0.4) is 0 Å². The number of rotatable bonds is 3. The summed E-state index contributed by atoms with van der Waals surface area (Å²) in [6, 6.07) is 11.4. The number of nitrogens with zero attached hydrogens (tertiary/aromatic N) is 2. The molecule has 3 rings (SSSR count). The molecule has 2 aromatic carbocycles. The van der Waals surface area contributed by atoms with Gasteiger partial charge in [0.25, 0.3) is 5.91 Å². The summed E-state index contributed by atoms with van der Waals surface area (Å²) in [4.78, 5) is 12.2. The van der Waals surface area contributed by atoms with Gasteiger partial charge in [0.1, 0.15) is 10.8 Å². The molecule has 0 fully saturated rings. The van der Waals surface area contributed by atoms with Crippen molar-refractivity contribution in [3.05, 3.63) is 63.3 Å². The van der Waals surface area contributed by atoms with Crippen LogP contribution in [0.25, 0.3) is 10.6 Å². The van der Waals surface area contributed by atoms with Crippen LogP contribution in [0.1, 0.15) is 10.4 Å². The minimum absolute atomic E-state index is 0.0734. The monoisotopic (exact) mass is 411 g/mol. The summed E-state index contributed by atoms with van der Waals surface area (Å²) in [6.07, 6.45) is 0. The van der Waals surface area contributed by atoms with E-state index < -0.39 is 11.7 Å². The fourth-order valence-electron chi connectivity index (χ4n) is 1.86. The molecule has 1 heterocycles. The van der Waals surface area contributed by atoms with Crippen LogP contribution in [0.5, 0.6) is 0 Å². The lowest BCUT2D eigenvalue weighted by Gasteiger charge is -2.04. The van der Waals surface area contributed by atoms with Crippen LogP contribution in [0.15, 0.2) is 46.9 Å². The Morgan fingerprint density at radius 2 is 1.91 bits per heavy atom. The van der Waals surface area contributed by atoms with Crippen LogP contribution in [0, 0.1) is 5.82 Å². The minimum atomic E-state index is -0.612. The molecular weight excluding hydrogens is 405 g/mol. The van der Waals surface area contributed by atoms with Gasteiger partial charge in [0.05, 0.1) is 5.56 Å². The fraction of sp³-hybridized carbons (Fsp3) is 0. The zero-order valence-corrected chi connectivity index (χ0v) is 14.5. The first-order valence-corrected chi connectivity index (χ1v) is 8.38. The SMILES string of the molecule is O=C(Nc1nnc(-c2ccc(Cl)cc2)s1)c1c(F)cccc1Br. The highest BCUT2D eigenvalue weighted by molar-refractivity contribution is 9.10. The lowest BCUT2D eigenvalue weighted by molar-refractivity contribution is 0.102. The van der Waals surface area contributed by atoms with E-state index in [0.29, 0.717) is 14.5 Å². The Hall–Kier alpha value is -1.83. The van der Waals surface area contributed by atoms with E-state index >= 15 is 0 Å². The standard InChI is InChI=1S/C15H8BrClFN3OS/c16-10-2-1-3-11(18)12(10)13(22)19-15-21-20-14(23-15)8-4-6-9(17)7-5-8/h1-7H,(H,19,21,22). The van der Waals surface area contributed by atoms with Gasteiger partial charge in [-0.25, -0.2) is 4.39 Å². The zero-order chi connectivity index (χ0) is 16.4. The van der Waals surface area contributed by atoms with Crippen molar-refractivity contribution < 1.29 is 9.18 Å². The number of carbonyl (C=O) groups is 1. The molecule has 1 aromatic heterocycles. The van der Waals surface area contributed by atoms with Crippen molar-refractivity contribution >= 4 is 49.9 Å². The van der Waals surface area contributed by atoms with E-state index in [2.05, 4.69) is 31.4 Å². The maximum Gasteiger partial charge on any atom is 0.261 e. The molecular formula is C15H8BrClFN3OS. The van der Waals surface area contributed by atoms with Crippen LogP contribution < -0.4 is 5.32 Å². The number of halogens is 3. The minimum Gasteiger partial charge on any atom is -0.296 e. The molecule has 1 amide bonds. The van der Waals surface area contributed by atoms with E-state index in [1.807, 2.05) is 12.1 Å². The molecule has 0 aliphatic rings. The average Bonchev–Trinajstić information content (AvgIpc) is 2.96. The smallest absolute Gasteiger partial charge is 0.261 e. The maximum absolute atomic E-state index is 13.8. The van der Waals surface area contributed by atoms with E-state index in [1.165, 1.54) is 23.5 Å². The van der Waals surface area contributed by atoms with Gasteiger partial charge in [-0.05, 0) is 40.2 Å². The Morgan fingerprint density at radius 3 is 2.61 bits per heavy atom. The van der Waals surface area contributed by atoms with Crippen LogP contribution in [0.2, 0.25) is 5.02 Å². The molecule has 0 aliphatic carbocycles. The number of anilines is 1. The molecule has 0 radical (unpaired) electrons. The van der Waals surface area contributed by atoms with Crippen molar-refractivity contribution in [1.29, 1.82) is 0 Å². The molecule has 4 nitrogen and oxygen atoms in total. The molecule has 0 spiro atoms. The predicted molar refractivity (Wildman–Crippen MR) is 92.4 cm³/mol. The van der Waals surface area contributed by atoms with Gasteiger partial charge in [-0.2, -0.15) is 0 Å². The highest BCUT2D eigenvalue weighted by Gasteiger charge is 2.17. The Bertz CT molecular complexity index is 849. The van der Waals surface area contributed by atoms with E-state index in [4.69, 9.17) is 11.6 Å². The Labute approximate surface area is 148 Å². The molecule has 0 atom stereocenters. The molecule has 116 valence electrons. The van der Waals surface area contributed by atoms with Crippen molar-refractivity contribution in [3.8, 4) is 10.6 Å². The molecule has 0 aliphatic heterocycles. The lowest BCUT2D eigenvalue weighted by Crippen LogP contribution is -2.14. The Morgan fingerprint density at radius 1 is 1.17 bits per heavy atom. The Balaban J connectivity index is 1.82. The van der Waals surface area contributed by atoms with E-state index in [-0.39, 0.29) is 10.7 Å². The second-order valence-electron chi connectivity index (χ2n) is 4.47. The Kier molecular flexibility index (Phi) is 4.70. The van der Waals surface area contributed by atoms with Crippen LogP contribution >= 0.6 is 38.9 Å². The normalized spacial score (nSPS) is 10.6. The summed E-state index contributed by atoms with van der Waals surface area (Å²) in [5.41, 5.74) is 0.759. The fourth-order valence-corrected chi connectivity index (χ4v) is 3.25. The highest BCUT2D eigenvalue weighted by atomic mass is 79.9. The molecule has 0 saturated carbocycles. The van der Waals surface area contributed by atoms with Crippen molar-refractivity contribution in [2.75, 3.05) is 5.32 Å². The van der Waals surface area contributed by atoms with E-state index in [0.717, 1.165) is 5.56 Å². The second kappa shape index (κ2) is 6.74. The van der Waals surface area contributed by atoms with E-state index in [1.54, 1.807) is 18.2 Å². The molecule has 0 saturated heterocycles. The summed E-state index contributed by atoms with van der Waals surface area (Å²) < 4.78 is 14.1. The first-order chi connectivity index (χ1) is 11.0. The zero-order valence-electron chi connectivity index (χ0n) is 11.4. The number of benzene rings is 2. The number of amides is 1. The summed E-state index contributed by atoms with van der Waals surface area (Å²) >= 11 is 10.2. The van der Waals surface area contributed by atoms with Crippen molar-refractivity contribution in [2.45, 2.75) is 0 Å².